The Morgan fingerprint density at radius 2 is 1.83 bits per heavy atom. The lowest BCUT2D eigenvalue weighted by Crippen LogP contribution is -2.38. The van der Waals surface area contributed by atoms with Crippen molar-refractivity contribution in [3.8, 4) is 0 Å². The maximum absolute atomic E-state index is 11.8. The molecular formula is C13H16BrNO3. The van der Waals surface area contributed by atoms with Crippen LogP contribution in [0.5, 0.6) is 0 Å². The molecule has 18 heavy (non-hydrogen) atoms. The van der Waals surface area contributed by atoms with Gasteiger partial charge in [-0.1, -0.05) is 41.9 Å². The highest BCUT2D eigenvalue weighted by molar-refractivity contribution is 9.10. The van der Waals surface area contributed by atoms with Crippen LogP contribution in [-0.2, 0) is 16.1 Å². The molecule has 0 spiro atoms. The Hall–Kier alpha value is -1.36. The van der Waals surface area contributed by atoms with Gasteiger partial charge in [-0.2, -0.15) is 0 Å². The van der Waals surface area contributed by atoms with Gasteiger partial charge in [0.2, 0.25) is 5.91 Å². The second-order valence-corrected chi connectivity index (χ2v) is 5.32. The molecule has 4 nitrogen and oxygen atoms in total. The number of carboxylic acids is 1. The van der Waals surface area contributed by atoms with Gasteiger partial charge >= 0.3 is 5.97 Å². The first-order chi connectivity index (χ1) is 8.41. The molecule has 98 valence electrons. The number of hydrogen-bond acceptors (Lipinski definition) is 2. The fourth-order valence-electron chi connectivity index (χ4n) is 1.60. The topological polar surface area (TPSA) is 66.4 Å². The highest BCUT2D eigenvalue weighted by Crippen LogP contribution is 2.13. The molecular weight excluding hydrogens is 298 g/mol. The summed E-state index contributed by atoms with van der Waals surface area (Å²) >= 11 is 3.32. The minimum atomic E-state index is -1.08. The van der Waals surface area contributed by atoms with Crippen LogP contribution in [0, 0.1) is 11.8 Å². The molecule has 1 rings (SSSR count). The summed E-state index contributed by atoms with van der Waals surface area (Å²) in [5.41, 5.74) is 0.930. The van der Waals surface area contributed by atoms with Crippen LogP contribution in [0.2, 0.25) is 0 Å². The van der Waals surface area contributed by atoms with Crippen LogP contribution >= 0.6 is 15.9 Å². The first-order valence-corrected chi connectivity index (χ1v) is 6.46. The zero-order valence-electron chi connectivity index (χ0n) is 10.3. The molecule has 0 aliphatic carbocycles. The Balaban J connectivity index is 2.59. The van der Waals surface area contributed by atoms with Gasteiger partial charge < -0.3 is 10.4 Å². The van der Waals surface area contributed by atoms with Crippen molar-refractivity contribution in [1.82, 2.24) is 5.32 Å². The molecule has 0 aliphatic rings. The maximum Gasteiger partial charge on any atom is 0.316 e. The first-order valence-electron chi connectivity index (χ1n) is 5.66. The summed E-state index contributed by atoms with van der Waals surface area (Å²) in [7, 11) is 0. The van der Waals surface area contributed by atoms with E-state index in [2.05, 4.69) is 21.2 Å². The van der Waals surface area contributed by atoms with Gasteiger partial charge in [0.1, 0.15) is 5.92 Å². The number of carboxylic acid groups (broad SMARTS) is 1. The van der Waals surface area contributed by atoms with Gasteiger partial charge in [0.15, 0.2) is 0 Å². The van der Waals surface area contributed by atoms with E-state index in [1.807, 2.05) is 24.3 Å². The first kappa shape index (κ1) is 14.7. The number of rotatable bonds is 5. The van der Waals surface area contributed by atoms with E-state index in [0.29, 0.717) is 6.54 Å². The smallest absolute Gasteiger partial charge is 0.316 e. The Kier molecular flexibility index (Phi) is 5.34. The fourth-order valence-corrected chi connectivity index (χ4v) is 1.87. The zero-order chi connectivity index (χ0) is 13.7. The van der Waals surface area contributed by atoms with Crippen molar-refractivity contribution >= 4 is 27.8 Å². The van der Waals surface area contributed by atoms with E-state index in [-0.39, 0.29) is 5.92 Å². The number of amides is 1. The molecule has 0 radical (unpaired) electrons. The predicted octanol–water partition coefficient (Wildman–Crippen LogP) is 2.42. The Labute approximate surface area is 115 Å². The van der Waals surface area contributed by atoms with E-state index in [1.54, 1.807) is 13.8 Å². The van der Waals surface area contributed by atoms with Gasteiger partial charge in [-0.05, 0) is 23.6 Å². The van der Waals surface area contributed by atoms with E-state index in [0.717, 1.165) is 10.0 Å². The largest absolute Gasteiger partial charge is 0.481 e. The average Bonchev–Trinajstić information content (AvgIpc) is 2.27. The van der Waals surface area contributed by atoms with E-state index >= 15 is 0 Å². The number of carbonyl (C=O) groups is 2. The third-order valence-electron chi connectivity index (χ3n) is 2.60. The van der Waals surface area contributed by atoms with Crippen LogP contribution in [0.25, 0.3) is 0 Å². The van der Waals surface area contributed by atoms with Crippen molar-refractivity contribution in [1.29, 1.82) is 0 Å². The van der Waals surface area contributed by atoms with Crippen LogP contribution in [0.3, 0.4) is 0 Å². The van der Waals surface area contributed by atoms with Gasteiger partial charge in [-0.15, -0.1) is 0 Å². The van der Waals surface area contributed by atoms with Crippen LogP contribution in [0.4, 0.5) is 0 Å². The van der Waals surface area contributed by atoms with Crippen molar-refractivity contribution in [2.45, 2.75) is 20.4 Å². The maximum atomic E-state index is 11.8. The second kappa shape index (κ2) is 6.54. The van der Waals surface area contributed by atoms with E-state index in [4.69, 9.17) is 5.11 Å². The molecule has 5 heteroatoms. The molecule has 0 saturated carbocycles. The molecule has 1 aromatic carbocycles. The molecule has 0 saturated heterocycles. The SMILES string of the molecule is CC(C)C(C(=O)O)C(=O)NCc1ccc(Br)cc1. The second-order valence-electron chi connectivity index (χ2n) is 4.40. The molecule has 0 bridgehead atoms. The Morgan fingerprint density at radius 3 is 2.28 bits per heavy atom. The summed E-state index contributed by atoms with van der Waals surface area (Å²) in [6, 6.07) is 7.49. The number of benzene rings is 1. The molecule has 0 aliphatic heterocycles. The van der Waals surface area contributed by atoms with Gasteiger partial charge in [-0.25, -0.2) is 0 Å². The third kappa shape index (κ3) is 4.14. The quantitative estimate of drug-likeness (QED) is 0.820. The molecule has 1 atom stereocenters. The molecule has 1 aromatic rings. The number of nitrogens with one attached hydrogen (secondary N) is 1. The molecule has 0 aromatic heterocycles. The van der Waals surface area contributed by atoms with Crippen molar-refractivity contribution in [3.63, 3.8) is 0 Å². The monoisotopic (exact) mass is 313 g/mol. The highest BCUT2D eigenvalue weighted by atomic mass is 79.9. The lowest BCUT2D eigenvalue weighted by Gasteiger charge is -2.15. The summed E-state index contributed by atoms with van der Waals surface area (Å²) in [4.78, 5) is 22.7. The van der Waals surface area contributed by atoms with E-state index in [1.165, 1.54) is 0 Å². The number of halogens is 1. The molecule has 2 N–H and O–H groups in total. The Bertz CT molecular complexity index is 428. The summed E-state index contributed by atoms with van der Waals surface area (Å²) in [6.07, 6.45) is 0. The van der Waals surface area contributed by atoms with Crippen LogP contribution < -0.4 is 5.32 Å². The minimum Gasteiger partial charge on any atom is -0.481 e. The van der Waals surface area contributed by atoms with Gasteiger partial charge in [-0.3, -0.25) is 9.59 Å². The van der Waals surface area contributed by atoms with Gasteiger partial charge in [0.25, 0.3) is 0 Å². The van der Waals surface area contributed by atoms with Crippen LogP contribution in [0.1, 0.15) is 19.4 Å². The van der Waals surface area contributed by atoms with E-state index < -0.39 is 17.8 Å². The molecule has 1 amide bonds. The minimum absolute atomic E-state index is 0.229. The standard InChI is InChI=1S/C13H16BrNO3/c1-8(2)11(13(17)18)12(16)15-7-9-3-5-10(14)6-4-9/h3-6,8,11H,7H2,1-2H3,(H,15,16)(H,17,18). The van der Waals surface area contributed by atoms with Crippen molar-refractivity contribution in [3.05, 3.63) is 34.3 Å². The molecule has 0 fully saturated rings. The van der Waals surface area contributed by atoms with Crippen LogP contribution in [0.15, 0.2) is 28.7 Å². The van der Waals surface area contributed by atoms with E-state index in [9.17, 15) is 9.59 Å². The summed E-state index contributed by atoms with van der Waals surface area (Å²) in [6.45, 7) is 3.78. The fraction of sp³-hybridized carbons (Fsp3) is 0.385. The predicted molar refractivity (Wildman–Crippen MR) is 72.0 cm³/mol. The average molecular weight is 314 g/mol. The normalized spacial score (nSPS) is 12.2. The Morgan fingerprint density at radius 1 is 1.28 bits per heavy atom. The lowest BCUT2D eigenvalue weighted by molar-refractivity contribution is -0.148. The van der Waals surface area contributed by atoms with Crippen molar-refractivity contribution < 1.29 is 14.7 Å². The van der Waals surface area contributed by atoms with Crippen LogP contribution in [-0.4, -0.2) is 17.0 Å². The number of aliphatic carboxylic acids is 1. The molecule has 1 unspecified atom stereocenters. The van der Waals surface area contributed by atoms with Gasteiger partial charge in [0.05, 0.1) is 0 Å². The molecule has 0 heterocycles. The highest BCUT2D eigenvalue weighted by Gasteiger charge is 2.29. The number of hydrogen-bond donors (Lipinski definition) is 2. The lowest BCUT2D eigenvalue weighted by atomic mass is 9.95. The number of carbonyl (C=O) groups excluding carboxylic acids is 1. The third-order valence-corrected chi connectivity index (χ3v) is 3.12. The zero-order valence-corrected chi connectivity index (χ0v) is 11.9. The summed E-state index contributed by atoms with van der Waals surface area (Å²) in [5, 5.41) is 11.6. The van der Waals surface area contributed by atoms with Crippen molar-refractivity contribution in [2.24, 2.45) is 11.8 Å². The van der Waals surface area contributed by atoms with Gasteiger partial charge in [0, 0.05) is 11.0 Å². The van der Waals surface area contributed by atoms with Crippen molar-refractivity contribution in [2.75, 3.05) is 0 Å². The summed E-state index contributed by atoms with van der Waals surface area (Å²) in [5.74, 6) is -2.76. The summed E-state index contributed by atoms with van der Waals surface area (Å²) < 4.78 is 0.961.